The Morgan fingerprint density at radius 1 is 1.21 bits per heavy atom. The quantitative estimate of drug-likeness (QED) is 0.904. The van der Waals surface area contributed by atoms with Gasteiger partial charge in [-0.25, -0.2) is 10.2 Å². The van der Waals surface area contributed by atoms with Crippen LogP contribution in [0.4, 0.5) is 10.5 Å². The molecule has 126 valence electrons. The van der Waals surface area contributed by atoms with E-state index in [4.69, 9.17) is 4.74 Å². The lowest BCUT2D eigenvalue weighted by Gasteiger charge is -2.38. The van der Waals surface area contributed by atoms with E-state index < -0.39 is 0 Å². The van der Waals surface area contributed by atoms with Gasteiger partial charge in [0.1, 0.15) is 0 Å². The number of H-pyrrole nitrogens is 1. The van der Waals surface area contributed by atoms with Crippen LogP contribution < -0.4 is 10.3 Å². The molecule has 2 amide bonds. The van der Waals surface area contributed by atoms with E-state index in [0.29, 0.717) is 19.8 Å². The summed E-state index contributed by atoms with van der Waals surface area (Å²) in [5, 5.41) is 8.57. The molecule has 2 saturated heterocycles. The molecule has 0 aliphatic carbocycles. The zero-order chi connectivity index (χ0) is 16.6. The van der Waals surface area contributed by atoms with E-state index in [2.05, 4.69) is 15.6 Å². The van der Waals surface area contributed by atoms with Gasteiger partial charge in [0.2, 0.25) is 0 Å². The van der Waals surface area contributed by atoms with Crippen molar-refractivity contribution in [2.75, 3.05) is 31.7 Å². The van der Waals surface area contributed by atoms with Crippen LogP contribution in [0.2, 0.25) is 0 Å². The first kappa shape index (κ1) is 15.2. The molecule has 2 aromatic rings. The van der Waals surface area contributed by atoms with Gasteiger partial charge in [-0.05, 0) is 30.5 Å². The van der Waals surface area contributed by atoms with E-state index in [9.17, 15) is 4.79 Å². The summed E-state index contributed by atoms with van der Waals surface area (Å²) in [4.78, 5) is 14.7. The van der Waals surface area contributed by atoms with Gasteiger partial charge in [-0.15, -0.1) is 0 Å². The van der Waals surface area contributed by atoms with E-state index >= 15 is 0 Å². The molecule has 0 unspecified atom stereocenters. The molecule has 7 nitrogen and oxygen atoms in total. The summed E-state index contributed by atoms with van der Waals surface area (Å²) in [5.74, 6) is 0. The molecule has 0 bridgehead atoms. The molecular formula is C17H21N5O2. The van der Waals surface area contributed by atoms with Crippen molar-refractivity contribution in [3.05, 3.63) is 36.7 Å². The average molecular weight is 327 g/mol. The van der Waals surface area contributed by atoms with Gasteiger partial charge in [-0.3, -0.25) is 15.0 Å². The van der Waals surface area contributed by atoms with Gasteiger partial charge in [0.25, 0.3) is 0 Å². The third kappa shape index (κ3) is 2.37. The number of hydrogen-bond donors (Lipinski definition) is 2. The highest BCUT2D eigenvalue weighted by molar-refractivity contribution is 5.95. The number of amides is 2. The third-order valence-corrected chi connectivity index (χ3v) is 5.01. The summed E-state index contributed by atoms with van der Waals surface area (Å²) < 4.78 is 5.49. The molecule has 2 aliphatic rings. The molecule has 2 fully saturated rings. The number of ether oxygens (including phenoxy) is 1. The van der Waals surface area contributed by atoms with Gasteiger partial charge < -0.3 is 4.74 Å². The SMILES string of the molecule is CNN1C(=O)N(c2ccc(-c3cn[nH]c3)cc2)CC12CCOCC2. The standard InChI is InChI=1S/C17H21N5O2/c1-18-22-16(23)21(12-17(22)6-8-24-9-7-17)15-4-2-13(3-5-15)14-10-19-20-11-14/h2-5,10-11,18H,6-9,12H2,1H3,(H,19,20). The number of carbonyl (C=O) groups is 1. The van der Waals surface area contributed by atoms with Crippen molar-refractivity contribution in [3.63, 3.8) is 0 Å². The molecule has 2 aliphatic heterocycles. The highest BCUT2D eigenvalue weighted by Gasteiger charge is 2.50. The van der Waals surface area contributed by atoms with Crippen LogP contribution in [-0.2, 0) is 4.74 Å². The topological polar surface area (TPSA) is 73.5 Å². The molecule has 7 heteroatoms. The normalized spacial score (nSPS) is 20.1. The first-order valence-corrected chi connectivity index (χ1v) is 8.20. The van der Waals surface area contributed by atoms with Gasteiger partial charge in [0.05, 0.1) is 18.3 Å². The number of nitrogens with zero attached hydrogens (tertiary/aromatic N) is 3. The minimum atomic E-state index is -0.187. The number of aromatic nitrogens is 2. The van der Waals surface area contributed by atoms with Crippen molar-refractivity contribution in [2.45, 2.75) is 18.4 Å². The van der Waals surface area contributed by atoms with Crippen LogP contribution in [0.3, 0.4) is 0 Å². The van der Waals surface area contributed by atoms with E-state index in [1.165, 1.54) is 0 Å². The minimum Gasteiger partial charge on any atom is -0.381 e. The summed E-state index contributed by atoms with van der Waals surface area (Å²) in [6, 6.07) is 8.02. The number of rotatable bonds is 3. The lowest BCUT2D eigenvalue weighted by atomic mass is 9.90. The molecule has 0 atom stereocenters. The lowest BCUT2D eigenvalue weighted by Crippen LogP contribution is -2.55. The molecule has 0 radical (unpaired) electrons. The van der Waals surface area contributed by atoms with Crippen LogP contribution in [0, 0.1) is 0 Å². The summed E-state index contributed by atoms with van der Waals surface area (Å²) in [5.41, 5.74) is 5.92. The van der Waals surface area contributed by atoms with Crippen molar-refractivity contribution in [2.24, 2.45) is 0 Å². The number of urea groups is 1. The van der Waals surface area contributed by atoms with Crippen molar-refractivity contribution in [3.8, 4) is 11.1 Å². The fraction of sp³-hybridized carbons (Fsp3) is 0.412. The Morgan fingerprint density at radius 3 is 2.58 bits per heavy atom. The maximum atomic E-state index is 12.9. The van der Waals surface area contributed by atoms with Crippen LogP contribution in [0.15, 0.2) is 36.7 Å². The molecular weight excluding hydrogens is 306 g/mol. The predicted octanol–water partition coefficient (Wildman–Crippen LogP) is 2.00. The molecule has 1 spiro atoms. The molecule has 1 aromatic carbocycles. The van der Waals surface area contributed by atoms with E-state index in [1.807, 2.05) is 35.4 Å². The van der Waals surface area contributed by atoms with Crippen LogP contribution in [0.1, 0.15) is 12.8 Å². The van der Waals surface area contributed by atoms with Crippen LogP contribution >= 0.6 is 0 Å². The highest BCUT2D eigenvalue weighted by Crippen LogP contribution is 2.36. The van der Waals surface area contributed by atoms with Gasteiger partial charge >= 0.3 is 6.03 Å². The largest absolute Gasteiger partial charge is 0.381 e. The second kappa shape index (κ2) is 5.92. The molecule has 1 aromatic heterocycles. The Bertz CT molecular complexity index is 707. The number of carbonyl (C=O) groups excluding carboxylic acids is 1. The Kier molecular flexibility index (Phi) is 3.74. The van der Waals surface area contributed by atoms with Crippen LogP contribution in [0.25, 0.3) is 11.1 Å². The van der Waals surface area contributed by atoms with Crippen molar-refractivity contribution < 1.29 is 9.53 Å². The highest BCUT2D eigenvalue weighted by atomic mass is 16.5. The van der Waals surface area contributed by atoms with Crippen LogP contribution in [0.5, 0.6) is 0 Å². The van der Waals surface area contributed by atoms with E-state index in [1.54, 1.807) is 18.3 Å². The maximum Gasteiger partial charge on any atom is 0.339 e. The zero-order valence-corrected chi connectivity index (χ0v) is 13.7. The third-order valence-electron chi connectivity index (χ3n) is 5.01. The zero-order valence-electron chi connectivity index (χ0n) is 13.7. The Balaban J connectivity index is 1.61. The predicted molar refractivity (Wildman–Crippen MR) is 90.4 cm³/mol. The number of anilines is 1. The summed E-state index contributed by atoms with van der Waals surface area (Å²) in [6.45, 7) is 2.07. The average Bonchev–Trinajstić information content (AvgIpc) is 3.23. The number of nitrogens with one attached hydrogen (secondary N) is 2. The number of benzene rings is 1. The number of aromatic amines is 1. The minimum absolute atomic E-state index is 0.00420. The second-order valence-corrected chi connectivity index (χ2v) is 6.30. The number of hydrogen-bond acceptors (Lipinski definition) is 4. The van der Waals surface area contributed by atoms with Crippen molar-refractivity contribution in [1.82, 2.24) is 20.6 Å². The Hall–Kier alpha value is -2.38. The summed E-state index contributed by atoms with van der Waals surface area (Å²) in [6.07, 6.45) is 5.35. The monoisotopic (exact) mass is 327 g/mol. The molecule has 3 heterocycles. The van der Waals surface area contributed by atoms with Crippen molar-refractivity contribution >= 4 is 11.7 Å². The van der Waals surface area contributed by atoms with E-state index in [-0.39, 0.29) is 11.6 Å². The maximum absolute atomic E-state index is 12.9. The smallest absolute Gasteiger partial charge is 0.339 e. The molecule has 0 saturated carbocycles. The summed E-state index contributed by atoms with van der Waals surface area (Å²) in [7, 11) is 1.81. The van der Waals surface area contributed by atoms with Gasteiger partial charge in [-0.2, -0.15) is 5.10 Å². The molecule has 4 rings (SSSR count). The lowest BCUT2D eigenvalue weighted by molar-refractivity contribution is -0.00524. The van der Waals surface area contributed by atoms with E-state index in [0.717, 1.165) is 29.7 Å². The van der Waals surface area contributed by atoms with Gasteiger partial charge in [0.15, 0.2) is 0 Å². The second-order valence-electron chi connectivity index (χ2n) is 6.30. The fourth-order valence-electron chi connectivity index (χ4n) is 3.67. The Labute approximate surface area is 140 Å². The first-order chi connectivity index (χ1) is 11.7. The molecule has 2 N–H and O–H groups in total. The fourth-order valence-corrected chi connectivity index (χ4v) is 3.67. The first-order valence-electron chi connectivity index (χ1n) is 8.20. The van der Waals surface area contributed by atoms with Gasteiger partial charge in [-0.1, -0.05) is 12.1 Å². The molecule has 24 heavy (non-hydrogen) atoms. The summed E-state index contributed by atoms with van der Waals surface area (Å²) >= 11 is 0. The van der Waals surface area contributed by atoms with Gasteiger partial charge in [0, 0.05) is 37.7 Å². The van der Waals surface area contributed by atoms with Crippen LogP contribution in [-0.4, -0.2) is 53.6 Å². The Morgan fingerprint density at radius 2 is 1.96 bits per heavy atom. The number of hydrazine groups is 1. The van der Waals surface area contributed by atoms with Crippen molar-refractivity contribution in [1.29, 1.82) is 0 Å².